The van der Waals surface area contributed by atoms with Gasteiger partial charge >= 0.3 is 0 Å². The summed E-state index contributed by atoms with van der Waals surface area (Å²) in [4.78, 5) is 0.116. The summed E-state index contributed by atoms with van der Waals surface area (Å²) < 4.78 is 47.9. The Morgan fingerprint density at radius 1 is 1.09 bits per heavy atom. The van der Waals surface area contributed by atoms with E-state index in [0.29, 0.717) is 6.61 Å². The third-order valence-electron chi connectivity index (χ3n) is 6.31. The zero-order valence-corrected chi connectivity index (χ0v) is 19.0. The third-order valence-corrected chi connectivity index (χ3v) is 7.68. The molecule has 0 fully saturated rings. The second-order valence-electron chi connectivity index (χ2n) is 8.31. The number of fused-ring (bicyclic) bond motifs is 3. The number of nitrogens with one attached hydrogen (secondary N) is 2. The summed E-state index contributed by atoms with van der Waals surface area (Å²) in [6, 6.07) is 19.0. The van der Waals surface area contributed by atoms with Gasteiger partial charge in [-0.1, -0.05) is 36.4 Å². The molecule has 2 aliphatic rings. The molecule has 0 unspecified atom stereocenters. The summed E-state index contributed by atoms with van der Waals surface area (Å²) >= 11 is 0. The van der Waals surface area contributed by atoms with Crippen LogP contribution in [0.3, 0.4) is 0 Å². The normalized spacial score (nSPS) is 21.1. The number of halogens is 1. The van der Waals surface area contributed by atoms with Crippen molar-refractivity contribution in [3.63, 3.8) is 0 Å². The highest BCUT2D eigenvalue weighted by atomic mass is 32.2. The Morgan fingerprint density at radius 2 is 1.88 bits per heavy atom. The lowest BCUT2D eigenvalue weighted by molar-refractivity contribution is 0.340. The topological polar surface area (TPSA) is 67.4 Å². The summed E-state index contributed by atoms with van der Waals surface area (Å²) in [5, 5.41) is 3.62. The van der Waals surface area contributed by atoms with Crippen molar-refractivity contribution >= 4 is 21.4 Å². The molecule has 3 aromatic carbocycles. The molecule has 0 saturated heterocycles. The van der Waals surface area contributed by atoms with E-state index in [1.54, 1.807) is 24.3 Å². The molecule has 5 nitrogen and oxygen atoms in total. The van der Waals surface area contributed by atoms with Crippen molar-refractivity contribution in [2.24, 2.45) is 5.92 Å². The largest absolute Gasteiger partial charge is 0.494 e. The average molecular weight is 465 g/mol. The minimum absolute atomic E-state index is 0.0671. The van der Waals surface area contributed by atoms with E-state index in [4.69, 9.17) is 4.74 Å². The Balaban J connectivity index is 1.46. The molecule has 1 aliphatic heterocycles. The fourth-order valence-electron chi connectivity index (χ4n) is 4.76. The Kier molecular flexibility index (Phi) is 5.58. The van der Waals surface area contributed by atoms with Crippen molar-refractivity contribution in [3.8, 4) is 5.75 Å². The van der Waals surface area contributed by atoms with E-state index >= 15 is 0 Å². The lowest BCUT2D eigenvalue weighted by Crippen LogP contribution is -2.29. The highest BCUT2D eigenvalue weighted by Gasteiger charge is 2.38. The molecule has 0 radical (unpaired) electrons. The van der Waals surface area contributed by atoms with E-state index in [9.17, 15) is 12.8 Å². The van der Waals surface area contributed by atoms with Crippen LogP contribution in [0.5, 0.6) is 5.75 Å². The molecule has 170 valence electrons. The van der Waals surface area contributed by atoms with Crippen molar-refractivity contribution < 1.29 is 17.5 Å². The van der Waals surface area contributed by atoms with Gasteiger partial charge in [-0.2, -0.15) is 0 Å². The van der Waals surface area contributed by atoms with Gasteiger partial charge in [0, 0.05) is 11.6 Å². The van der Waals surface area contributed by atoms with E-state index < -0.39 is 15.8 Å². The van der Waals surface area contributed by atoms with Crippen molar-refractivity contribution in [2.75, 3.05) is 16.6 Å². The minimum atomic E-state index is -3.93. The number of anilines is 2. The second-order valence-corrected chi connectivity index (χ2v) is 9.99. The molecule has 3 atom stereocenters. The van der Waals surface area contributed by atoms with Gasteiger partial charge in [0.2, 0.25) is 0 Å². The zero-order chi connectivity index (χ0) is 23.0. The maximum atomic E-state index is 14.0. The number of hydrogen-bond acceptors (Lipinski definition) is 4. The number of allylic oxidation sites excluding steroid dienone is 2. The molecule has 0 saturated carbocycles. The summed E-state index contributed by atoms with van der Waals surface area (Å²) in [7, 11) is -3.93. The summed E-state index contributed by atoms with van der Waals surface area (Å²) in [6.07, 6.45) is 5.22. The first-order chi connectivity index (χ1) is 16.0. The number of rotatable bonds is 6. The van der Waals surface area contributed by atoms with Gasteiger partial charge in [0.25, 0.3) is 10.0 Å². The van der Waals surface area contributed by atoms with Gasteiger partial charge in [-0.05, 0) is 72.9 Å². The van der Waals surface area contributed by atoms with Crippen molar-refractivity contribution in [2.45, 2.75) is 30.2 Å². The first-order valence-electron chi connectivity index (χ1n) is 11.0. The maximum Gasteiger partial charge on any atom is 0.261 e. The molecule has 33 heavy (non-hydrogen) atoms. The number of hydrogen-bond donors (Lipinski definition) is 2. The Morgan fingerprint density at radius 3 is 2.64 bits per heavy atom. The molecule has 1 heterocycles. The monoisotopic (exact) mass is 464 g/mol. The van der Waals surface area contributed by atoms with Crippen LogP contribution in [-0.4, -0.2) is 15.0 Å². The lowest BCUT2D eigenvalue weighted by Gasteiger charge is -2.37. The highest BCUT2D eigenvalue weighted by molar-refractivity contribution is 7.92. The molecule has 5 rings (SSSR count). The Bertz CT molecular complexity index is 1310. The van der Waals surface area contributed by atoms with Crippen LogP contribution in [0.2, 0.25) is 0 Å². The molecule has 1 aliphatic carbocycles. The van der Waals surface area contributed by atoms with Gasteiger partial charge in [-0.3, -0.25) is 4.72 Å². The van der Waals surface area contributed by atoms with Crippen LogP contribution in [0.4, 0.5) is 15.8 Å². The molecule has 7 heteroatoms. The standard InChI is InChI=1S/C26H25FN2O3S/c1-2-32-18-12-10-17(11-13-18)26-21-7-5-6-20(21)22-16-19(14-15-24(22)28-26)33(30,31)29-25-9-4-3-8-23(25)27/h3-6,8-16,20-21,26,28-29H,2,7H2,1H3/t20-,21+,26+/m0/s1. The summed E-state index contributed by atoms with van der Waals surface area (Å²) in [6.45, 7) is 2.59. The van der Waals surface area contributed by atoms with Crippen molar-refractivity contribution in [1.82, 2.24) is 0 Å². The molecule has 0 aromatic heterocycles. The zero-order valence-electron chi connectivity index (χ0n) is 18.2. The van der Waals surface area contributed by atoms with Gasteiger partial charge in [-0.25, -0.2) is 12.8 Å². The third kappa shape index (κ3) is 4.09. The first kappa shape index (κ1) is 21.5. The number of sulfonamides is 1. The van der Waals surface area contributed by atoms with E-state index in [1.165, 1.54) is 23.8 Å². The Hall–Kier alpha value is -3.32. The van der Waals surface area contributed by atoms with Gasteiger partial charge in [0.05, 0.1) is 23.2 Å². The average Bonchev–Trinajstić information content (AvgIpc) is 3.31. The van der Waals surface area contributed by atoms with Crippen LogP contribution in [0.1, 0.15) is 36.4 Å². The second kappa shape index (κ2) is 8.56. The molecule has 3 aromatic rings. The molecule has 2 N–H and O–H groups in total. The Labute approximate surface area is 193 Å². The van der Waals surface area contributed by atoms with E-state index in [-0.39, 0.29) is 28.5 Å². The van der Waals surface area contributed by atoms with E-state index in [2.05, 4.69) is 34.3 Å². The van der Waals surface area contributed by atoms with E-state index in [0.717, 1.165) is 23.4 Å². The van der Waals surface area contributed by atoms with Crippen molar-refractivity contribution in [1.29, 1.82) is 0 Å². The molecule has 0 spiro atoms. The first-order valence-corrected chi connectivity index (χ1v) is 12.5. The predicted molar refractivity (Wildman–Crippen MR) is 128 cm³/mol. The van der Waals surface area contributed by atoms with Crippen LogP contribution >= 0.6 is 0 Å². The van der Waals surface area contributed by atoms with Gasteiger partial charge in [-0.15, -0.1) is 0 Å². The van der Waals surface area contributed by atoms with Crippen LogP contribution in [0.15, 0.2) is 83.8 Å². The van der Waals surface area contributed by atoms with Crippen LogP contribution in [0, 0.1) is 11.7 Å². The highest BCUT2D eigenvalue weighted by Crippen LogP contribution is 2.50. The van der Waals surface area contributed by atoms with E-state index in [1.807, 2.05) is 19.1 Å². The fourth-order valence-corrected chi connectivity index (χ4v) is 5.86. The molecular weight excluding hydrogens is 439 g/mol. The lowest BCUT2D eigenvalue weighted by atomic mass is 9.77. The molecule has 0 amide bonds. The maximum absolute atomic E-state index is 14.0. The summed E-state index contributed by atoms with van der Waals surface area (Å²) in [5.74, 6) is 0.600. The van der Waals surface area contributed by atoms with Gasteiger partial charge in [0.1, 0.15) is 11.6 Å². The van der Waals surface area contributed by atoms with Gasteiger partial charge < -0.3 is 10.1 Å². The summed E-state index contributed by atoms with van der Waals surface area (Å²) in [5.41, 5.74) is 2.95. The van der Waals surface area contributed by atoms with Crippen molar-refractivity contribution in [3.05, 3.63) is 95.8 Å². The van der Waals surface area contributed by atoms with Crippen LogP contribution in [-0.2, 0) is 10.0 Å². The molecular formula is C26H25FN2O3S. The predicted octanol–water partition coefficient (Wildman–Crippen LogP) is 5.85. The number of benzene rings is 3. The fraction of sp³-hybridized carbons (Fsp3) is 0.231. The molecule has 0 bridgehead atoms. The SMILES string of the molecule is CCOc1ccc([C@H]2Nc3ccc(S(=O)(=O)Nc4ccccc4F)cc3[C@H]3C=CC[C@H]32)cc1. The van der Waals surface area contributed by atoms with Crippen LogP contribution in [0.25, 0.3) is 0 Å². The quantitative estimate of drug-likeness (QED) is 0.449. The number of para-hydroxylation sites is 1. The smallest absolute Gasteiger partial charge is 0.261 e. The minimum Gasteiger partial charge on any atom is -0.494 e. The van der Waals surface area contributed by atoms with Gasteiger partial charge in [0.15, 0.2) is 0 Å². The number of ether oxygens (including phenoxy) is 1. The van der Waals surface area contributed by atoms with Crippen LogP contribution < -0.4 is 14.8 Å².